The predicted octanol–water partition coefficient (Wildman–Crippen LogP) is 2.86. The molecule has 0 spiro atoms. The molecule has 19 heavy (non-hydrogen) atoms. The molecule has 2 fully saturated rings. The van der Waals surface area contributed by atoms with Gasteiger partial charge in [-0.1, -0.05) is 43.2 Å². The first kappa shape index (κ1) is 13.1. The highest BCUT2D eigenvalue weighted by Crippen LogP contribution is 2.44. The van der Waals surface area contributed by atoms with E-state index in [1.807, 2.05) is 0 Å². The number of aliphatic hydroxyl groups is 1. The van der Waals surface area contributed by atoms with Crippen molar-refractivity contribution in [3.8, 4) is 0 Å². The van der Waals surface area contributed by atoms with Crippen LogP contribution >= 0.6 is 0 Å². The largest absolute Gasteiger partial charge is 0.395 e. The highest BCUT2D eigenvalue weighted by molar-refractivity contribution is 5.19. The van der Waals surface area contributed by atoms with Gasteiger partial charge in [-0.2, -0.15) is 0 Å². The molecule has 104 valence electrons. The fraction of sp³-hybridized carbons (Fsp3) is 0.647. The number of piperidine rings is 1. The topological polar surface area (TPSA) is 23.5 Å². The Balaban J connectivity index is 1.83. The quantitative estimate of drug-likeness (QED) is 0.899. The summed E-state index contributed by atoms with van der Waals surface area (Å²) < 4.78 is 0. The zero-order valence-electron chi connectivity index (χ0n) is 11.7. The average molecular weight is 259 g/mol. The number of benzene rings is 1. The molecule has 1 N–H and O–H groups in total. The van der Waals surface area contributed by atoms with Crippen molar-refractivity contribution in [2.75, 3.05) is 19.7 Å². The Morgan fingerprint density at radius 2 is 2.05 bits per heavy atom. The Labute approximate surface area is 116 Å². The molecular weight excluding hydrogens is 234 g/mol. The van der Waals surface area contributed by atoms with Crippen LogP contribution in [-0.2, 0) is 6.42 Å². The molecule has 3 rings (SSSR count). The molecule has 2 bridgehead atoms. The van der Waals surface area contributed by atoms with Gasteiger partial charge in [0.2, 0.25) is 0 Å². The summed E-state index contributed by atoms with van der Waals surface area (Å²) in [7, 11) is 0. The van der Waals surface area contributed by atoms with Gasteiger partial charge >= 0.3 is 0 Å². The van der Waals surface area contributed by atoms with Crippen LogP contribution in [0.15, 0.2) is 30.3 Å². The second-order valence-electron chi connectivity index (χ2n) is 6.35. The summed E-state index contributed by atoms with van der Waals surface area (Å²) in [6.07, 6.45) is 7.91. The van der Waals surface area contributed by atoms with Crippen LogP contribution in [0, 0.1) is 5.92 Å². The minimum absolute atomic E-state index is 0.293. The third-order valence-corrected chi connectivity index (χ3v) is 5.15. The van der Waals surface area contributed by atoms with Crippen molar-refractivity contribution in [3.63, 3.8) is 0 Å². The monoisotopic (exact) mass is 259 g/mol. The van der Waals surface area contributed by atoms with Gasteiger partial charge in [0.25, 0.3) is 0 Å². The molecule has 1 aromatic rings. The van der Waals surface area contributed by atoms with Crippen molar-refractivity contribution >= 4 is 0 Å². The minimum Gasteiger partial charge on any atom is -0.395 e. The third kappa shape index (κ3) is 2.70. The Bertz CT molecular complexity index is 405. The first-order chi connectivity index (χ1) is 9.32. The third-order valence-electron chi connectivity index (χ3n) is 5.15. The van der Waals surface area contributed by atoms with Crippen LogP contribution in [0.1, 0.15) is 37.7 Å². The van der Waals surface area contributed by atoms with Gasteiger partial charge < -0.3 is 5.11 Å². The maximum absolute atomic E-state index is 9.35. The van der Waals surface area contributed by atoms with Gasteiger partial charge in [-0.3, -0.25) is 4.90 Å². The van der Waals surface area contributed by atoms with E-state index < -0.39 is 0 Å². The van der Waals surface area contributed by atoms with E-state index in [0.717, 1.165) is 18.9 Å². The van der Waals surface area contributed by atoms with Gasteiger partial charge in [-0.25, -0.2) is 0 Å². The standard InChI is InChI=1S/C17H25NO/c19-12-11-18-10-8-16-7-4-9-17(18,14-16)13-15-5-2-1-3-6-15/h1-3,5-6,16,19H,4,7-14H2. The number of β-amino-alcohol motifs (C(OH)–C–C–N with tert-alkyl or cyclic N) is 1. The smallest absolute Gasteiger partial charge is 0.0558 e. The number of fused-ring (bicyclic) bond motifs is 2. The first-order valence-corrected chi connectivity index (χ1v) is 7.72. The highest BCUT2D eigenvalue weighted by Gasteiger charge is 2.43. The van der Waals surface area contributed by atoms with E-state index in [9.17, 15) is 5.11 Å². The normalized spacial score (nSPS) is 31.3. The van der Waals surface area contributed by atoms with Crippen molar-refractivity contribution in [2.45, 2.75) is 44.1 Å². The fourth-order valence-electron chi connectivity index (χ4n) is 4.29. The minimum atomic E-state index is 0.293. The van der Waals surface area contributed by atoms with Crippen LogP contribution in [0.3, 0.4) is 0 Å². The summed E-state index contributed by atoms with van der Waals surface area (Å²) in [5.74, 6) is 0.924. The molecule has 2 unspecified atom stereocenters. The molecule has 1 saturated carbocycles. The van der Waals surface area contributed by atoms with Gasteiger partial charge in [0.15, 0.2) is 0 Å². The van der Waals surface area contributed by atoms with Crippen LogP contribution < -0.4 is 0 Å². The summed E-state index contributed by atoms with van der Waals surface area (Å²) in [5.41, 5.74) is 1.78. The molecule has 1 heterocycles. The number of hydrogen-bond donors (Lipinski definition) is 1. The number of aliphatic hydroxyl groups excluding tert-OH is 1. The van der Waals surface area contributed by atoms with Crippen molar-refractivity contribution in [1.29, 1.82) is 0 Å². The van der Waals surface area contributed by atoms with E-state index in [1.54, 1.807) is 0 Å². The first-order valence-electron chi connectivity index (χ1n) is 7.72. The van der Waals surface area contributed by atoms with E-state index in [0.29, 0.717) is 12.1 Å². The number of likely N-dealkylation sites (tertiary alicyclic amines) is 1. The molecule has 1 aliphatic heterocycles. The zero-order valence-corrected chi connectivity index (χ0v) is 11.7. The Kier molecular flexibility index (Phi) is 3.90. The van der Waals surface area contributed by atoms with E-state index in [4.69, 9.17) is 0 Å². The fourth-order valence-corrected chi connectivity index (χ4v) is 4.29. The van der Waals surface area contributed by atoms with Crippen LogP contribution in [0.2, 0.25) is 0 Å². The summed E-state index contributed by atoms with van der Waals surface area (Å²) in [6, 6.07) is 10.9. The number of nitrogens with zero attached hydrogens (tertiary/aromatic N) is 1. The van der Waals surface area contributed by atoms with Crippen LogP contribution in [-0.4, -0.2) is 35.2 Å². The van der Waals surface area contributed by atoms with Crippen LogP contribution in [0.5, 0.6) is 0 Å². The van der Waals surface area contributed by atoms with Crippen LogP contribution in [0.4, 0.5) is 0 Å². The molecule has 1 saturated heterocycles. The number of hydrogen-bond acceptors (Lipinski definition) is 2. The molecule has 2 heteroatoms. The lowest BCUT2D eigenvalue weighted by atomic mass is 9.68. The Morgan fingerprint density at radius 1 is 1.21 bits per heavy atom. The lowest BCUT2D eigenvalue weighted by Crippen LogP contribution is -2.57. The van der Waals surface area contributed by atoms with Crippen molar-refractivity contribution < 1.29 is 5.11 Å². The van der Waals surface area contributed by atoms with Crippen molar-refractivity contribution in [2.24, 2.45) is 5.92 Å². The molecule has 2 nitrogen and oxygen atoms in total. The molecule has 2 atom stereocenters. The summed E-state index contributed by atoms with van der Waals surface area (Å²) in [5, 5.41) is 9.35. The second kappa shape index (κ2) is 5.64. The SMILES string of the molecule is OCCN1CCC2CCCC1(Cc1ccccc1)C2. The van der Waals surface area contributed by atoms with E-state index in [-0.39, 0.29) is 0 Å². The Hall–Kier alpha value is -0.860. The summed E-state index contributed by atoms with van der Waals surface area (Å²) in [4.78, 5) is 2.58. The lowest BCUT2D eigenvalue weighted by molar-refractivity contribution is -0.0229. The van der Waals surface area contributed by atoms with E-state index in [2.05, 4.69) is 35.2 Å². The van der Waals surface area contributed by atoms with Gasteiger partial charge in [0, 0.05) is 12.1 Å². The van der Waals surface area contributed by atoms with Gasteiger partial charge in [0.1, 0.15) is 0 Å². The van der Waals surface area contributed by atoms with Crippen LogP contribution in [0.25, 0.3) is 0 Å². The molecule has 1 aliphatic carbocycles. The van der Waals surface area contributed by atoms with Gasteiger partial charge in [-0.15, -0.1) is 0 Å². The number of rotatable bonds is 4. The molecule has 2 aliphatic rings. The maximum atomic E-state index is 9.35. The van der Waals surface area contributed by atoms with Crippen molar-refractivity contribution in [3.05, 3.63) is 35.9 Å². The maximum Gasteiger partial charge on any atom is 0.0558 e. The summed E-state index contributed by atoms with van der Waals surface area (Å²) >= 11 is 0. The van der Waals surface area contributed by atoms with E-state index >= 15 is 0 Å². The molecular formula is C17H25NO. The average Bonchev–Trinajstić information content (AvgIpc) is 2.44. The summed E-state index contributed by atoms with van der Waals surface area (Å²) in [6.45, 7) is 2.32. The zero-order chi connectivity index (χ0) is 13.1. The molecule has 0 aromatic heterocycles. The second-order valence-corrected chi connectivity index (χ2v) is 6.35. The van der Waals surface area contributed by atoms with Gasteiger partial charge in [0.05, 0.1) is 6.61 Å². The molecule has 1 aromatic carbocycles. The highest BCUT2D eigenvalue weighted by atomic mass is 16.3. The molecule has 0 amide bonds. The predicted molar refractivity (Wildman–Crippen MR) is 78.1 cm³/mol. The van der Waals surface area contributed by atoms with Gasteiger partial charge in [-0.05, 0) is 43.7 Å². The van der Waals surface area contributed by atoms with Crippen molar-refractivity contribution in [1.82, 2.24) is 4.90 Å². The Morgan fingerprint density at radius 3 is 2.84 bits per heavy atom. The lowest BCUT2D eigenvalue weighted by Gasteiger charge is -2.53. The van der Waals surface area contributed by atoms with E-state index in [1.165, 1.54) is 44.2 Å². The molecule has 0 radical (unpaired) electrons.